The molecule has 0 radical (unpaired) electrons. The zero-order valence-electron chi connectivity index (χ0n) is 15.8. The third-order valence-corrected chi connectivity index (χ3v) is 4.67. The fraction of sp³-hybridized carbons (Fsp3) is 0.250. The van der Waals surface area contributed by atoms with Gasteiger partial charge in [-0.3, -0.25) is 4.79 Å². The van der Waals surface area contributed by atoms with Gasteiger partial charge in [-0.05, 0) is 45.0 Å². The average molecular weight is 399 g/mol. The van der Waals surface area contributed by atoms with Crippen LogP contribution in [0.25, 0.3) is 21.3 Å². The number of fused-ring (bicyclic) bond motifs is 2. The summed E-state index contributed by atoms with van der Waals surface area (Å²) in [5, 5.41) is 12.0. The lowest BCUT2D eigenvalue weighted by Crippen LogP contribution is -2.34. The van der Waals surface area contributed by atoms with Gasteiger partial charge in [0.1, 0.15) is 11.3 Å². The second-order valence-electron chi connectivity index (χ2n) is 7.03. The van der Waals surface area contributed by atoms with Crippen molar-refractivity contribution in [2.75, 3.05) is 0 Å². The van der Waals surface area contributed by atoms with Crippen LogP contribution in [0.3, 0.4) is 0 Å². The second kappa shape index (κ2) is 8.37. The minimum Gasteiger partial charge on any atom is -0.483 e. The van der Waals surface area contributed by atoms with E-state index in [2.05, 4.69) is 36.1 Å². The van der Waals surface area contributed by atoms with Crippen molar-refractivity contribution < 1.29 is 19.1 Å². The maximum absolute atomic E-state index is 8.36. The molecule has 3 heterocycles. The SMILES string of the molecule is CC(C)(C)NCc1coc2cc(Oc3nc4ncccc4s3)ccc12.O=CO. The monoisotopic (exact) mass is 399 g/mol. The molecule has 0 saturated heterocycles. The Morgan fingerprint density at radius 1 is 1.32 bits per heavy atom. The molecule has 0 bridgehead atoms. The number of hydrogen-bond donors (Lipinski definition) is 2. The van der Waals surface area contributed by atoms with Gasteiger partial charge in [0.2, 0.25) is 0 Å². The zero-order valence-corrected chi connectivity index (χ0v) is 16.6. The summed E-state index contributed by atoms with van der Waals surface area (Å²) in [4.78, 5) is 17.0. The topological polar surface area (TPSA) is 97.5 Å². The van der Waals surface area contributed by atoms with Crippen molar-refractivity contribution in [3.63, 3.8) is 0 Å². The summed E-state index contributed by atoms with van der Waals surface area (Å²) in [5.41, 5.74) is 2.72. The van der Waals surface area contributed by atoms with E-state index >= 15 is 0 Å². The molecule has 0 aliphatic carbocycles. The molecular formula is C20H21N3O4S. The van der Waals surface area contributed by atoms with Gasteiger partial charge < -0.3 is 19.6 Å². The molecule has 1 aromatic carbocycles. The second-order valence-corrected chi connectivity index (χ2v) is 8.03. The van der Waals surface area contributed by atoms with Gasteiger partial charge in [0.15, 0.2) is 5.65 Å². The van der Waals surface area contributed by atoms with E-state index in [1.807, 2.05) is 30.3 Å². The minimum atomic E-state index is -0.250. The Morgan fingerprint density at radius 2 is 2.11 bits per heavy atom. The fourth-order valence-corrected chi connectivity index (χ4v) is 3.31. The third-order valence-electron chi connectivity index (χ3n) is 3.79. The number of nitrogens with one attached hydrogen (secondary N) is 1. The summed E-state index contributed by atoms with van der Waals surface area (Å²) in [7, 11) is 0. The number of nitrogens with zero attached hydrogens (tertiary/aromatic N) is 2. The quantitative estimate of drug-likeness (QED) is 0.475. The lowest BCUT2D eigenvalue weighted by molar-refractivity contribution is -0.122. The van der Waals surface area contributed by atoms with Crippen LogP contribution in [0, 0.1) is 0 Å². The number of thiazole rings is 1. The van der Waals surface area contributed by atoms with Crippen LogP contribution in [0.2, 0.25) is 0 Å². The first-order valence-electron chi connectivity index (χ1n) is 8.62. The van der Waals surface area contributed by atoms with Crippen LogP contribution in [-0.4, -0.2) is 27.1 Å². The highest BCUT2D eigenvalue weighted by molar-refractivity contribution is 7.20. The maximum Gasteiger partial charge on any atom is 0.290 e. The van der Waals surface area contributed by atoms with Crippen molar-refractivity contribution in [1.82, 2.24) is 15.3 Å². The molecule has 8 heteroatoms. The molecule has 0 spiro atoms. The van der Waals surface area contributed by atoms with Crippen molar-refractivity contribution in [1.29, 1.82) is 0 Å². The fourth-order valence-electron chi connectivity index (χ4n) is 2.52. The van der Waals surface area contributed by atoms with Crippen molar-refractivity contribution in [3.05, 3.63) is 48.4 Å². The third kappa shape index (κ3) is 4.85. The molecule has 0 saturated carbocycles. The number of benzene rings is 1. The van der Waals surface area contributed by atoms with Gasteiger partial charge in [-0.2, -0.15) is 4.98 Å². The Balaban J connectivity index is 0.000000706. The number of carbonyl (C=O) groups is 1. The van der Waals surface area contributed by atoms with E-state index in [4.69, 9.17) is 19.1 Å². The molecule has 7 nitrogen and oxygen atoms in total. The number of aromatic nitrogens is 2. The smallest absolute Gasteiger partial charge is 0.290 e. The van der Waals surface area contributed by atoms with Gasteiger partial charge in [-0.15, -0.1) is 0 Å². The van der Waals surface area contributed by atoms with E-state index < -0.39 is 0 Å². The molecule has 0 fully saturated rings. The highest BCUT2D eigenvalue weighted by atomic mass is 32.1. The first kappa shape index (κ1) is 19.8. The normalized spacial score (nSPS) is 11.2. The van der Waals surface area contributed by atoms with Crippen LogP contribution in [0.4, 0.5) is 0 Å². The average Bonchev–Trinajstić information content (AvgIpc) is 3.23. The highest BCUT2D eigenvalue weighted by Crippen LogP contribution is 2.32. The maximum atomic E-state index is 8.36. The van der Waals surface area contributed by atoms with E-state index in [0.29, 0.717) is 16.6 Å². The standard InChI is InChI=1S/C19H19N3O2S.CH2O2/c1-19(2,3)21-10-12-11-23-15-9-13(6-7-14(12)15)24-18-22-17-16(25-18)5-4-8-20-17;2-1-3/h4-9,11,21H,10H2,1-3H3;1H,(H,2,3). The van der Waals surface area contributed by atoms with E-state index in [9.17, 15) is 0 Å². The largest absolute Gasteiger partial charge is 0.483 e. The summed E-state index contributed by atoms with van der Waals surface area (Å²) in [6, 6.07) is 9.75. The summed E-state index contributed by atoms with van der Waals surface area (Å²) < 4.78 is 12.6. The van der Waals surface area contributed by atoms with Crippen LogP contribution in [0.5, 0.6) is 10.9 Å². The first-order chi connectivity index (χ1) is 13.4. The van der Waals surface area contributed by atoms with E-state index in [1.165, 1.54) is 11.3 Å². The number of rotatable bonds is 4. The Bertz CT molecular complexity index is 1050. The van der Waals surface area contributed by atoms with Gasteiger partial charge >= 0.3 is 0 Å². The number of furan rings is 1. The predicted octanol–water partition coefficient (Wildman–Crippen LogP) is 4.82. The lowest BCUT2D eigenvalue weighted by atomic mass is 10.1. The molecule has 146 valence electrons. The van der Waals surface area contributed by atoms with Gasteiger partial charge in [-0.25, -0.2) is 4.98 Å². The van der Waals surface area contributed by atoms with Gasteiger partial charge in [0.25, 0.3) is 11.7 Å². The van der Waals surface area contributed by atoms with Gasteiger partial charge in [0.05, 0.1) is 11.0 Å². The Labute approximate surface area is 166 Å². The summed E-state index contributed by atoms with van der Waals surface area (Å²) in [6.07, 6.45) is 3.53. The molecule has 2 N–H and O–H groups in total. The Morgan fingerprint density at radius 3 is 2.82 bits per heavy atom. The zero-order chi connectivity index (χ0) is 20.1. The van der Waals surface area contributed by atoms with Crippen molar-refractivity contribution in [2.45, 2.75) is 32.9 Å². The molecule has 0 aliphatic heterocycles. The number of pyridine rings is 1. The lowest BCUT2D eigenvalue weighted by Gasteiger charge is -2.19. The van der Waals surface area contributed by atoms with Crippen LogP contribution in [0.1, 0.15) is 26.3 Å². The molecule has 0 amide bonds. The van der Waals surface area contributed by atoms with Crippen molar-refractivity contribution in [2.24, 2.45) is 0 Å². The molecule has 0 aliphatic rings. The molecule has 0 atom stereocenters. The van der Waals surface area contributed by atoms with Gasteiger partial charge in [-0.1, -0.05) is 11.3 Å². The number of hydrogen-bond acceptors (Lipinski definition) is 7. The van der Waals surface area contributed by atoms with Crippen molar-refractivity contribution in [3.8, 4) is 10.9 Å². The Hall–Kier alpha value is -2.97. The molecule has 28 heavy (non-hydrogen) atoms. The van der Waals surface area contributed by atoms with Crippen LogP contribution >= 0.6 is 11.3 Å². The Kier molecular flexibility index (Phi) is 5.91. The summed E-state index contributed by atoms with van der Waals surface area (Å²) in [5.74, 6) is 0.705. The summed E-state index contributed by atoms with van der Waals surface area (Å²) >= 11 is 1.48. The van der Waals surface area contributed by atoms with Crippen LogP contribution < -0.4 is 10.1 Å². The van der Waals surface area contributed by atoms with Crippen LogP contribution in [-0.2, 0) is 11.3 Å². The minimum absolute atomic E-state index is 0.0630. The van der Waals surface area contributed by atoms with Crippen LogP contribution in [0.15, 0.2) is 47.2 Å². The van der Waals surface area contributed by atoms with Gasteiger partial charge in [0, 0.05) is 35.3 Å². The molecule has 4 aromatic rings. The highest BCUT2D eigenvalue weighted by Gasteiger charge is 2.13. The molecule has 0 unspecified atom stereocenters. The molecular weight excluding hydrogens is 378 g/mol. The van der Waals surface area contributed by atoms with E-state index in [1.54, 1.807) is 12.5 Å². The first-order valence-corrected chi connectivity index (χ1v) is 9.43. The molecule has 4 rings (SSSR count). The number of carboxylic acid groups (broad SMARTS) is 1. The summed E-state index contributed by atoms with van der Waals surface area (Å²) in [6.45, 7) is 6.95. The number of ether oxygens (including phenoxy) is 1. The predicted molar refractivity (Wildman–Crippen MR) is 109 cm³/mol. The van der Waals surface area contributed by atoms with E-state index in [0.717, 1.165) is 27.8 Å². The van der Waals surface area contributed by atoms with Crippen molar-refractivity contribution >= 4 is 39.1 Å². The molecule has 3 aromatic heterocycles. The van der Waals surface area contributed by atoms with E-state index in [-0.39, 0.29) is 12.0 Å².